The summed E-state index contributed by atoms with van der Waals surface area (Å²) in [5.74, 6) is 0.787. The van der Waals surface area contributed by atoms with E-state index in [1.165, 1.54) is 0 Å². The molecule has 2 nitrogen and oxygen atoms in total. The molecule has 1 N–H and O–H groups in total. The molecule has 2 heteroatoms. The van der Waals surface area contributed by atoms with Crippen molar-refractivity contribution < 1.29 is 9.90 Å². The van der Waals surface area contributed by atoms with Crippen molar-refractivity contribution in [2.24, 2.45) is 17.3 Å². The quantitative estimate of drug-likeness (QED) is 0.746. The van der Waals surface area contributed by atoms with Crippen LogP contribution in [-0.4, -0.2) is 17.5 Å². The SMILES string of the molecule is C=C(C)C1CC(=O)C2=CCCC(CO)C2(C)C1. The lowest BCUT2D eigenvalue weighted by atomic mass is 9.57. The van der Waals surface area contributed by atoms with Gasteiger partial charge in [0.15, 0.2) is 5.78 Å². The highest BCUT2D eigenvalue weighted by molar-refractivity contribution is 5.98. The van der Waals surface area contributed by atoms with Crippen LogP contribution in [-0.2, 0) is 4.79 Å². The highest BCUT2D eigenvalue weighted by Crippen LogP contribution is 2.51. The first kappa shape index (κ1) is 12.6. The molecule has 1 saturated carbocycles. The van der Waals surface area contributed by atoms with Crippen molar-refractivity contribution in [3.8, 4) is 0 Å². The van der Waals surface area contributed by atoms with Crippen LogP contribution in [0.3, 0.4) is 0 Å². The fourth-order valence-corrected chi connectivity index (χ4v) is 3.47. The zero-order chi connectivity index (χ0) is 12.6. The average Bonchev–Trinajstić information content (AvgIpc) is 2.27. The summed E-state index contributed by atoms with van der Waals surface area (Å²) in [4.78, 5) is 12.2. The van der Waals surface area contributed by atoms with Crippen LogP contribution < -0.4 is 0 Å². The summed E-state index contributed by atoms with van der Waals surface area (Å²) < 4.78 is 0. The van der Waals surface area contributed by atoms with Gasteiger partial charge in [0.1, 0.15) is 0 Å². The molecule has 1 fully saturated rings. The second-order valence-corrected chi connectivity index (χ2v) is 5.87. The monoisotopic (exact) mass is 234 g/mol. The van der Waals surface area contributed by atoms with Gasteiger partial charge in [-0.2, -0.15) is 0 Å². The van der Waals surface area contributed by atoms with Crippen molar-refractivity contribution in [3.63, 3.8) is 0 Å². The molecule has 0 aromatic carbocycles. The molecule has 2 aliphatic rings. The third-order valence-electron chi connectivity index (χ3n) is 4.70. The van der Waals surface area contributed by atoms with Crippen molar-refractivity contribution in [1.29, 1.82) is 0 Å². The van der Waals surface area contributed by atoms with Crippen LogP contribution in [0.15, 0.2) is 23.8 Å². The van der Waals surface area contributed by atoms with Crippen molar-refractivity contribution in [2.75, 3.05) is 6.61 Å². The summed E-state index contributed by atoms with van der Waals surface area (Å²) in [6.45, 7) is 8.33. The Kier molecular flexibility index (Phi) is 3.26. The number of allylic oxidation sites excluding steroid dienone is 3. The van der Waals surface area contributed by atoms with Crippen LogP contribution in [0, 0.1) is 17.3 Å². The van der Waals surface area contributed by atoms with E-state index in [9.17, 15) is 9.90 Å². The zero-order valence-corrected chi connectivity index (χ0v) is 10.8. The molecule has 0 spiro atoms. The number of hydrogen-bond donors (Lipinski definition) is 1. The van der Waals surface area contributed by atoms with E-state index in [2.05, 4.69) is 19.6 Å². The Balaban J connectivity index is 2.36. The highest BCUT2D eigenvalue weighted by Gasteiger charge is 2.46. The van der Waals surface area contributed by atoms with Gasteiger partial charge in [0.05, 0.1) is 0 Å². The van der Waals surface area contributed by atoms with Gasteiger partial charge in [-0.05, 0) is 43.6 Å². The maximum atomic E-state index is 12.2. The van der Waals surface area contributed by atoms with E-state index in [1.54, 1.807) is 0 Å². The summed E-state index contributed by atoms with van der Waals surface area (Å²) in [7, 11) is 0. The predicted octanol–water partition coefficient (Wildman–Crippen LogP) is 2.88. The molecule has 2 aliphatic carbocycles. The van der Waals surface area contributed by atoms with Crippen LogP contribution in [0.25, 0.3) is 0 Å². The Labute approximate surface area is 103 Å². The summed E-state index contributed by atoms with van der Waals surface area (Å²) >= 11 is 0. The Hall–Kier alpha value is -0.890. The molecule has 0 radical (unpaired) electrons. The smallest absolute Gasteiger partial charge is 0.159 e. The van der Waals surface area contributed by atoms with Crippen molar-refractivity contribution >= 4 is 5.78 Å². The lowest BCUT2D eigenvalue weighted by Gasteiger charge is -2.47. The second kappa shape index (κ2) is 4.41. The largest absolute Gasteiger partial charge is 0.396 e. The number of fused-ring (bicyclic) bond motifs is 1. The molecular formula is C15H22O2. The molecule has 0 heterocycles. The maximum Gasteiger partial charge on any atom is 0.159 e. The summed E-state index contributed by atoms with van der Waals surface area (Å²) in [5.41, 5.74) is 1.94. The van der Waals surface area contributed by atoms with Gasteiger partial charge in [0, 0.05) is 18.4 Å². The minimum atomic E-state index is -0.133. The normalized spacial score (nSPS) is 37.4. The van der Waals surface area contributed by atoms with Crippen molar-refractivity contribution in [2.45, 2.75) is 39.5 Å². The lowest BCUT2D eigenvalue weighted by Crippen LogP contribution is -2.43. The average molecular weight is 234 g/mol. The Morgan fingerprint density at radius 3 is 2.94 bits per heavy atom. The molecule has 3 unspecified atom stereocenters. The molecule has 2 rings (SSSR count). The van der Waals surface area contributed by atoms with Crippen LogP contribution in [0.1, 0.15) is 39.5 Å². The van der Waals surface area contributed by atoms with Crippen molar-refractivity contribution in [3.05, 3.63) is 23.8 Å². The first-order valence-electron chi connectivity index (χ1n) is 6.49. The van der Waals surface area contributed by atoms with Gasteiger partial charge in [0.2, 0.25) is 0 Å². The summed E-state index contributed by atoms with van der Waals surface area (Å²) in [6.07, 6.45) is 5.59. The molecule has 0 bridgehead atoms. The van der Waals surface area contributed by atoms with E-state index in [1.807, 2.05) is 6.92 Å². The minimum absolute atomic E-state index is 0.133. The molecule has 0 aromatic heterocycles. The third-order valence-corrected chi connectivity index (χ3v) is 4.70. The van der Waals surface area contributed by atoms with E-state index < -0.39 is 0 Å². The number of rotatable bonds is 2. The summed E-state index contributed by atoms with van der Waals surface area (Å²) in [6, 6.07) is 0. The van der Waals surface area contributed by atoms with Gasteiger partial charge in [0.25, 0.3) is 0 Å². The number of aliphatic hydroxyl groups is 1. The van der Waals surface area contributed by atoms with Crippen LogP contribution in [0.2, 0.25) is 0 Å². The highest BCUT2D eigenvalue weighted by atomic mass is 16.3. The Morgan fingerprint density at radius 2 is 2.35 bits per heavy atom. The lowest BCUT2D eigenvalue weighted by molar-refractivity contribution is -0.120. The van der Waals surface area contributed by atoms with Crippen LogP contribution >= 0.6 is 0 Å². The van der Waals surface area contributed by atoms with E-state index in [0.29, 0.717) is 6.42 Å². The van der Waals surface area contributed by atoms with Gasteiger partial charge in [-0.25, -0.2) is 0 Å². The Bertz CT molecular complexity index is 380. The van der Waals surface area contributed by atoms with Crippen molar-refractivity contribution in [1.82, 2.24) is 0 Å². The topological polar surface area (TPSA) is 37.3 Å². The molecule has 17 heavy (non-hydrogen) atoms. The van der Waals surface area contributed by atoms with Crippen LogP contribution in [0.5, 0.6) is 0 Å². The number of aliphatic hydroxyl groups excluding tert-OH is 1. The number of carbonyl (C=O) groups excluding carboxylic acids is 1. The third kappa shape index (κ3) is 1.99. The molecule has 0 amide bonds. The first-order chi connectivity index (χ1) is 7.99. The molecule has 3 atom stereocenters. The molecule has 0 aromatic rings. The number of ketones is 1. The first-order valence-corrected chi connectivity index (χ1v) is 6.49. The summed E-state index contributed by atoms with van der Waals surface area (Å²) in [5, 5.41) is 9.55. The van der Waals surface area contributed by atoms with E-state index in [4.69, 9.17) is 0 Å². The van der Waals surface area contributed by atoms with E-state index in [0.717, 1.165) is 30.4 Å². The maximum absolute atomic E-state index is 12.2. The molecule has 0 saturated heterocycles. The fourth-order valence-electron chi connectivity index (χ4n) is 3.47. The Morgan fingerprint density at radius 1 is 1.65 bits per heavy atom. The number of carbonyl (C=O) groups is 1. The number of hydrogen-bond acceptors (Lipinski definition) is 2. The van der Waals surface area contributed by atoms with E-state index in [-0.39, 0.29) is 29.6 Å². The van der Waals surface area contributed by atoms with Gasteiger partial charge in [-0.3, -0.25) is 4.79 Å². The minimum Gasteiger partial charge on any atom is -0.396 e. The zero-order valence-electron chi connectivity index (χ0n) is 10.8. The van der Waals surface area contributed by atoms with E-state index >= 15 is 0 Å². The fraction of sp³-hybridized carbons (Fsp3) is 0.667. The molecular weight excluding hydrogens is 212 g/mol. The van der Waals surface area contributed by atoms with Gasteiger partial charge >= 0.3 is 0 Å². The van der Waals surface area contributed by atoms with Gasteiger partial charge < -0.3 is 5.11 Å². The second-order valence-electron chi connectivity index (χ2n) is 5.87. The molecule has 94 valence electrons. The predicted molar refractivity (Wildman–Crippen MR) is 68.5 cm³/mol. The van der Waals surface area contributed by atoms with Gasteiger partial charge in [-0.1, -0.05) is 25.2 Å². The van der Waals surface area contributed by atoms with Crippen LogP contribution in [0.4, 0.5) is 0 Å². The number of Topliss-reactive ketones (excluding diaryl/α,β-unsaturated/α-hetero) is 1. The van der Waals surface area contributed by atoms with Gasteiger partial charge in [-0.15, -0.1) is 0 Å². The standard InChI is InChI=1S/C15H22O2/c1-10(2)11-7-14(17)13-6-4-5-12(9-16)15(13,3)8-11/h6,11-12,16H,1,4-5,7-9H2,2-3H3. The molecule has 0 aliphatic heterocycles.